The zero-order valence-corrected chi connectivity index (χ0v) is 13.1. The van der Waals surface area contributed by atoms with E-state index < -0.39 is 0 Å². The number of nitrogens with zero attached hydrogens (tertiary/aromatic N) is 5. The van der Waals surface area contributed by atoms with Gasteiger partial charge in [-0.15, -0.1) is 9.89 Å². The first-order valence-electron chi connectivity index (χ1n) is 7.91. The lowest BCUT2D eigenvalue weighted by Gasteiger charge is -2.09. The van der Waals surface area contributed by atoms with Crippen LogP contribution >= 0.6 is 0 Å². The van der Waals surface area contributed by atoms with Crippen LogP contribution in [0.25, 0.3) is 27.5 Å². The van der Waals surface area contributed by atoms with Gasteiger partial charge in [-0.1, -0.05) is 36.4 Å². The van der Waals surface area contributed by atoms with Gasteiger partial charge in [-0.05, 0) is 34.9 Å². The molecule has 0 saturated heterocycles. The SMILES string of the molecule is O=c1c(-n2ccc3ccccc32)cnnn1-n1ccc2ccccc21. The van der Waals surface area contributed by atoms with Crippen molar-refractivity contribution in [2.75, 3.05) is 0 Å². The third-order valence-electron chi connectivity index (χ3n) is 4.36. The molecule has 0 fully saturated rings. The van der Waals surface area contributed by atoms with Crippen LogP contribution in [0.3, 0.4) is 0 Å². The van der Waals surface area contributed by atoms with Crippen LogP contribution in [-0.4, -0.2) is 24.3 Å². The summed E-state index contributed by atoms with van der Waals surface area (Å²) in [4.78, 5) is 14.4. The van der Waals surface area contributed by atoms with E-state index >= 15 is 0 Å². The Bertz CT molecular complexity index is 1180. The van der Waals surface area contributed by atoms with Crippen molar-refractivity contribution in [1.82, 2.24) is 24.3 Å². The summed E-state index contributed by atoms with van der Waals surface area (Å²) < 4.78 is 3.55. The quantitative estimate of drug-likeness (QED) is 0.501. The van der Waals surface area contributed by atoms with Gasteiger partial charge in [-0.2, -0.15) is 0 Å². The molecule has 0 bridgehead atoms. The number of aromatic nitrogens is 5. The molecule has 0 aliphatic carbocycles. The number of hydrogen-bond donors (Lipinski definition) is 0. The standard InChI is InChI=1S/C19H13N5O/c25-19-18(22-11-9-14-5-1-3-7-16(14)22)13-20-21-24(19)23-12-10-15-6-2-4-8-17(15)23/h1-13H. The lowest BCUT2D eigenvalue weighted by atomic mass is 10.2. The van der Waals surface area contributed by atoms with E-state index in [9.17, 15) is 4.79 Å². The molecule has 3 heterocycles. The summed E-state index contributed by atoms with van der Waals surface area (Å²) in [5.41, 5.74) is 2.07. The topological polar surface area (TPSA) is 57.6 Å². The normalized spacial score (nSPS) is 11.4. The second-order valence-electron chi connectivity index (χ2n) is 5.78. The highest BCUT2D eigenvalue weighted by Crippen LogP contribution is 2.18. The summed E-state index contributed by atoms with van der Waals surface area (Å²) in [5, 5.41) is 10.2. The van der Waals surface area contributed by atoms with E-state index in [0.717, 1.165) is 21.8 Å². The summed E-state index contributed by atoms with van der Waals surface area (Å²) in [5.74, 6) is 0. The van der Waals surface area contributed by atoms with E-state index in [0.29, 0.717) is 5.69 Å². The van der Waals surface area contributed by atoms with Gasteiger partial charge in [-0.3, -0.25) is 4.79 Å². The molecule has 0 atom stereocenters. The maximum Gasteiger partial charge on any atom is 0.313 e. The van der Waals surface area contributed by atoms with Gasteiger partial charge in [0.15, 0.2) is 0 Å². The van der Waals surface area contributed by atoms with Gasteiger partial charge in [-0.25, -0.2) is 4.68 Å². The zero-order chi connectivity index (χ0) is 16.8. The first kappa shape index (κ1) is 13.7. The van der Waals surface area contributed by atoms with E-state index in [1.165, 1.54) is 11.0 Å². The fraction of sp³-hybridized carbons (Fsp3) is 0. The minimum atomic E-state index is -0.238. The van der Waals surface area contributed by atoms with Crippen LogP contribution in [-0.2, 0) is 0 Å². The Balaban J connectivity index is 1.77. The molecule has 0 unspecified atom stereocenters. The van der Waals surface area contributed by atoms with Crippen molar-refractivity contribution in [3.05, 3.63) is 89.6 Å². The molecule has 5 aromatic rings. The molecule has 5 rings (SSSR count). The molecule has 0 aliphatic heterocycles. The van der Waals surface area contributed by atoms with Crippen LogP contribution in [0.15, 0.2) is 84.0 Å². The van der Waals surface area contributed by atoms with Crippen molar-refractivity contribution >= 4 is 21.8 Å². The maximum absolute atomic E-state index is 13.1. The second-order valence-corrected chi connectivity index (χ2v) is 5.78. The van der Waals surface area contributed by atoms with Crippen LogP contribution in [0, 0.1) is 0 Å². The van der Waals surface area contributed by atoms with E-state index in [-0.39, 0.29) is 5.56 Å². The number of hydrogen-bond acceptors (Lipinski definition) is 3. The third kappa shape index (κ3) is 2.01. The van der Waals surface area contributed by atoms with Gasteiger partial charge in [0, 0.05) is 17.8 Å². The molecule has 0 amide bonds. The lowest BCUT2D eigenvalue weighted by molar-refractivity contribution is 0.515. The number of benzene rings is 2. The first-order chi connectivity index (χ1) is 12.3. The lowest BCUT2D eigenvalue weighted by Crippen LogP contribution is -2.31. The molecule has 0 aliphatic rings. The summed E-state index contributed by atoms with van der Waals surface area (Å²) >= 11 is 0. The highest BCUT2D eigenvalue weighted by atomic mass is 16.1. The minimum Gasteiger partial charge on any atom is -0.310 e. The number of rotatable bonds is 2. The van der Waals surface area contributed by atoms with Crippen molar-refractivity contribution in [2.24, 2.45) is 0 Å². The van der Waals surface area contributed by atoms with Gasteiger partial charge in [0.25, 0.3) is 0 Å². The molecule has 3 aromatic heterocycles. The fourth-order valence-electron chi connectivity index (χ4n) is 3.16. The number of para-hydroxylation sites is 2. The minimum absolute atomic E-state index is 0.238. The van der Waals surface area contributed by atoms with Crippen molar-refractivity contribution in [3.8, 4) is 5.69 Å². The Morgan fingerprint density at radius 3 is 2.28 bits per heavy atom. The second kappa shape index (κ2) is 5.17. The van der Waals surface area contributed by atoms with Crippen molar-refractivity contribution in [1.29, 1.82) is 0 Å². The molecule has 120 valence electrons. The molecule has 25 heavy (non-hydrogen) atoms. The van der Waals surface area contributed by atoms with Crippen LogP contribution in [0.1, 0.15) is 0 Å². The molecule has 6 nitrogen and oxygen atoms in total. The molecular weight excluding hydrogens is 314 g/mol. The van der Waals surface area contributed by atoms with Crippen molar-refractivity contribution in [2.45, 2.75) is 0 Å². The Morgan fingerprint density at radius 2 is 1.44 bits per heavy atom. The van der Waals surface area contributed by atoms with E-state index in [1.54, 1.807) is 4.68 Å². The van der Waals surface area contributed by atoms with Crippen LogP contribution in [0.2, 0.25) is 0 Å². The highest BCUT2D eigenvalue weighted by molar-refractivity contribution is 5.82. The smallest absolute Gasteiger partial charge is 0.310 e. The predicted octanol–water partition coefficient (Wildman–Crippen LogP) is 2.85. The Morgan fingerprint density at radius 1 is 0.760 bits per heavy atom. The van der Waals surface area contributed by atoms with Gasteiger partial charge in [0.1, 0.15) is 5.69 Å². The molecule has 0 radical (unpaired) electrons. The zero-order valence-electron chi connectivity index (χ0n) is 13.1. The van der Waals surface area contributed by atoms with E-state index in [4.69, 9.17) is 0 Å². The van der Waals surface area contributed by atoms with Crippen LogP contribution in [0.4, 0.5) is 0 Å². The average Bonchev–Trinajstić information content (AvgIpc) is 3.26. The monoisotopic (exact) mass is 327 g/mol. The summed E-state index contributed by atoms with van der Waals surface area (Å²) in [6, 6.07) is 19.7. The van der Waals surface area contributed by atoms with Crippen LogP contribution in [0.5, 0.6) is 0 Å². The summed E-state index contributed by atoms with van der Waals surface area (Å²) in [7, 11) is 0. The third-order valence-corrected chi connectivity index (χ3v) is 4.36. The first-order valence-corrected chi connectivity index (χ1v) is 7.91. The summed E-state index contributed by atoms with van der Waals surface area (Å²) in [6.07, 6.45) is 5.19. The van der Waals surface area contributed by atoms with Gasteiger partial charge >= 0.3 is 5.56 Å². The number of fused-ring (bicyclic) bond motifs is 2. The van der Waals surface area contributed by atoms with Crippen LogP contribution < -0.4 is 5.56 Å². The largest absolute Gasteiger partial charge is 0.313 e. The predicted molar refractivity (Wildman–Crippen MR) is 95.9 cm³/mol. The Labute approximate surface area is 142 Å². The molecular formula is C19H13N5O. The Kier molecular flexibility index (Phi) is 2.84. The molecule has 6 heteroatoms. The molecule has 0 N–H and O–H groups in total. The molecule has 0 saturated carbocycles. The fourth-order valence-corrected chi connectivity index (χ4v) is 3.16. The average molecular weight is 327 g/mol. The van der Waals surface area contributed by atoms with Crippen molar-refractivity contribution < 1.29 is 0 Å². The van der Waals surface area contributed by atoms with E-state index in [1.807, 2.05) is 77.6 Å². The highest BCUT2D eigenvalue weighted by Gasteiger charge is 2.12. The van der Waals surface area contributed by atoms with Gasteiger partial charge in [0.2, 0.25) is 0 Å². The van der Waals surface area contributed by atoms with E-state index in [2.05, 4.69) is 10.3 Å². The molecule has 0 spiro atoms. The van der Waals surface area contributed by atoms with Gasteiger partial charge < -0.3 is 4.57 Å². The van der Waals surface area contributed by atoms with Crippen molar-refractivity contribution in [3.63, 3.8) is 0 Å². The maximum atomic E-state index is 13.1. The summed E-state index contributed by atoms with van der Waals surface area (Å²) in [6.45, 7) is 0. The Hall–Kier alpha value is -3.67. The molecule has 2 aromatic carbocycles. The van der Waals surface area contributed by atoms with Gasteiger partial charge in [0.05, 0.1) is 17.2 Å².